The van der Waals surface area contributed by atoms with Gasteiger partial charge in [0.05, 0.1) is 60.6 Å². The van der Waals surface area contributed by atoms with E-state index in [-0.39, 0.29) is 200 Å². The number of fused-ring (bicyclic) bond motifs is 6. The minimum absolute atomic E-state index is 0.00139. The van der Waals surface area contributed by atoms with E-state index in [2.05, 4.69) is 84.5 Å². The van der Waals surface area contributed by atoms with Gasteiger partial charge in [0.2, 0.25) is 0 Å². The number of urea groups is 6. The number of nitrogens with zero attached hydrogens (tertiary/aromatic N) is 3. The molecule has 0 spiro atoms. The summed E-state index contributed by atoms with van der Waals surface area (Å²) in [5.74, 6) is -1.91. The summed E-state index contributed by atoms with van der Waals surface area (Å²) in [5, 5.41) is 43.7. The second-order valence-corrected chi connectivity index (χ2v) is 28.2. The summed E-state index contributed by atoms with van der Waals surface area (Å²) in [6.45, 7) is 14.0. The van der Waals surface area contributed by atoms with Gasteiger partial charge >= 0.3 is 36.2 Å². The van der Waals surface area contributed by atoms with Crippen LogP contribution in [0, 0.1) is 0 Å². The monoisotopic (exact) mass is 1640 g/mol. The quantitative estimate of drug-likeness (QED) is 0.00567. The maximum atomic E-state index is 14.8. The summed E-state index contributed by atoms with van der Waals surface area (Å²) in [5.41, 5.74) is 21.2. The Hall–Kier alpha value is -12.6. The number of carbonyl (C=O) groups is 15. The van der Waals surface area contributed by atoms with Crippen LogP contribution in [0.15, 0.2) is 59.7 Å². The van der Waals surface area contributed by atoms with Crippen molar-refractivity contribution >= 4 is 126 Å². The molecule has 35 nitrogen and oxygen atoms in total. The van der Waals surface area contributed by atoms with E-state index in [0.717, 1.165) is 33.4 Å². The third kappa shape index (κ3) is 27.8. The van der Waals surface area contributed by atoms with Crippen molar-refractivity contribution in [2.24, 2.45) is 10.8 Å². The first-order chi connectivity index (χ1) is 57.5. The minimum Gasteiger partial charge on any atom is -0.379 e. The molecule has 0 atom stereocenters. The zero-order valence-electron chi connectivity index (χ0n) is 68.7. The van der Waals surface area contributed by atoms with Gasteiger partial charge in [-0.3, -0.25) is 14.4 Å². The highest BCUT2D eigenvalue weighted by atomic mass is 16.5. The van der Waals surface area contributed by atoms with Gasteiger partial charge in [0, 0.05) is 117 Å². The molecule has 1 aliphatic heterocycles. The lowest BCUT2D eigenvalue weighted by Gasteiger charge is -2.34. The molecule has 5 aromatic carbocycles. The Kier molecular flexibility index (Phi) is 39.6. The van der Waals surface area contributed by atoms with Crippen LogP contribution in [0.3, 0.4) is 0 Å². The van der Waals surface area contributed by atoms with Crippen molar-refractivity contribution in [3.8, 4) is 0 Å². The number of ether oxygens (including phenoxy) is 2. The van der Waals surface area contributed by atoms with Crippen molar-refractivity contribution in [2.45, 2.75) is 214 Å². The number of hydrogen-bond acceptors (Lipinski definition) is 18. The van der Waals surface area contributed by atoms with Crippen LogP contribution in [0.1, 0.15) is 223 Å². The second kappa shape index (κ2) is 49.4. The number of nitrogens with two attached hydrogens (primary N) is 1. The van der Waals surface area contributed by atoms with Crippen molar-refractivity contribution in [3.63, 3.8) is 0 Å². The van der Waals surface area contributed by atoms with Crippen molar-refractivity contribution in [2.75, 3.05) is 71.4 Å². The molecular formula is C84H112N18O17. The molecule has 1 aliphatic rings. The van der Waals surface area contributed by atoms with Crippen molar-refractivity contribution in [1.82, 2.24) is 42.5 Å². The third-order valence-corrected chi connectivity index (χ3v) is 20.8. The van der Waals surface area contributed by atoms with E-state index in [1.807, 2.05) is 48.5 Å². The summed E-state index contributed by atoms with van der Waals surface area (Å²) < 4.78 is 11.0. The number of primary amides is 1. The second-order valence-electron chi connectivity index (χ2n) is 28.2. The predicted octanol–water partition coefficient (Wildman–Crippen LogP) is 10.9. The molecular weight excluding hydrogens is 1530 g/mol. The molecule has 0 saturated carbocycles. The highest BCUT2D eigenvalue weighted by molar-refractivity contribution is 6.05. The summed E-state index contributed by atoms with van der Waals surface area (Å²) in [6, 6.07) is 7.62. The molecule has 0 saturated heterocycles. The molecule has 0 aromatic heterocycles. The number of amides is 15. The Morgan fingerprint density at radius 2 is 0.782 bits per heavy atom. The molecule has 1 heterocycles. The number of anilines is 6. The maximum absolute atomic E-state index is 14.8. The van der Waals surface area contributed by atoms with Crippen molar-refractivity contribution in [1.29, 1.82) is 0 Å². The van der Waals surface area contributed by atoms with E-state index in [1.165, 1.54) is 54.6 Å². The van der Waals surface area contributed by atoms with Crippen LogP contribution in [0.4, 0.5) is 62.9 Å². The van der Waals surface area contributed by atoms with Crippen LogP contribution < -0.4 is 80.2 Å². The minimum atomic E-state index is -1.17. The van der Waals surface area contributed by atoms with E-state index >= 15 is 0 Å². The fourth-order valence-electron chi connectivity index (χ4n) is 15.3. The fourth-order valence-corrected chi connectivity index (χ4v) is 15.3. The number of benzene rings is 5. The lowest BCUT2D eigenvalue weighted by molar-refractivity contribution is -0.110. The zero-order chi connectivity index (χ0) is 86.9. The Balaban J connectivity index is 1.49. The van der Waals surface area contributed by atoms with E-state index < -0.39 is 65.0 Å². The predicted molar refractivity (Wildman–Crippen MR) is 451 cm³/mol. The molecule has 15 amide bonds. The van der Waals surface area contributed by atoms with Gasteiger partial charge in [0.25, 0.3) is 17.7 Å². The summed E-state index contributed by atoms with van der Waals surface area (Å²) in [4.78, 5) is 201. The normalized spacial score (nSPS) is 12.6. The van der Waals surface area contributed by atoms with Crippen molar-refractivity contribution < 1.29 is 81.4 Å². The number of nitrogens with one attached hydrogen (secondary N) is 14. The molecule has 5 aromatic rings. The van der Waals surface area contributed by atoms with Gasteiger partial charge < -0.3 is 118 Å². The summed E-state index contributed by atoms with van der Waals surface area (Å²) >= 11 is 0. The van der Waals surface area contributed by atoms with E-state index in [0.29, 0.717) is 116 Å². The average molecular weight is 1650 g/mol. The Morgan fingerprint density at radius 1 is 0.429 bits per heavy atom. The molecule has 0 aliphatic carbocycles. The summed E-state index contributed by atoms with van der Waals surface area (Å²) in [7, 11) is 0. The van der Waals surface area contributed by atoms with Crippen LogP contribution in [-0.4, -0.2) is 142 Å². The van der Waals surface area contributed by atoms with Gasteiger partial charge in [-0.15, -0.1) is 0 Å². The van der Waals surface area contributed by atoms with Crippen LogP contribution in [0.5, 0.6) is 0 Å². The van der Waals surface area contributed by atoms with Gasteiger partial charge in [0.1, 0.15) is 37.7 Å². The molecule has 640 valence electrons. The van der Waals surface area contributed by atoms with E-state index in [1.54, 1.807) is 0 Å². The van der Waals surface area contributed by atoms with Crippen LogP contribution in [-0.2, 0) is 116 Å². The summed E-state index contributed by atoms with van der Waals surface area (Å²) in [6.07, 6.45) is 7.81. The highest BCUT2D eigenvalue weighted by Crippen LogP contribution is 2.36. The lowest BCUT2D eigenvalue weighted by Crippen LogP contribution is -2.49. The average Bonchev–Trinajstić information content (AvgIpc) is 0.776. The molecule has 0 radical (unpaired) electrons. The molecule has 0 fully saturated rings. The largest absolute Gasteiger partial charge is 0.379 e. The van der Waals surface area contributed by atoms with Gasteiger partial charge in [-0.1, -0.05) is 53.6 Å². The standard InChI is InChI=1S/C84H112N18O17/c1-8-56-57(9-2)63-48-91-81(116)98-72-45-53(74(109)87-33-41-118-43-44-119-42-34-93-102-86)21-24-69(72)96-79(114)89-51-66-60(12-5)65(50-88-78(113)95-68-25-22-54(46-71(68)94-77(85)112)75(110)100-83(27-15-35-103,28-16-36-104)29-17-37-105)61(13-6)67(62(66)14-7)52-90-80(115)97-70-26-23-55(76(111)101-84(30-18-38-106,31-19-39-107)32-20-40-108)47-73(70)99-82(117)92-49-64(58(56)10-3)59(63)11-4/h21-26,35-40,45-47H,8-20,27-34,41-44,48-52H2,1-7H3,(H,87,109)(H,100,110)(H,101,111)(H3,85,94,112)(H2,88,95,113)(H2,89,96,114)(H2,90,97,115)(H2,91,98,116)(H2,92,99,117). The maximum Gasteiger partial charge on any atom is 0.319 e. The van der Waals surface area contributed by atoms with Gasteiger partial charge in [-0.25, -0.2) is 28.8 Å². The Morgan fingerprint density at radius 3 is 1.15 bits per heavy atom. The number of aldehydes is 6. The smallest absolute Gasteiger partial charge is 0.319 e. The molecule has 16 N–H and O–H groups in total. The highest BCUT2D eigenvalue weighted by Gasteiger charge is 2.34. The number of azide groups is 1. The van der Waals surface area contributed by atoms with Gasteiger partial charge in [-0.05, 0) is 210 Å². The van der Waals surface area contributed by atoms with Gasteiger partial charge in [-0.2, -0.15) is 0 Å². The van der Waals surface area contributed by atoms with Crippen LogP contribution in [0.2, 0.25) is 0 Å². The molecule has 0 unspecified atom stereocenters. The van der Waals surface area contributed by atoms with E-state index in [9.17, 15) is 71.9 Å². The molecule has 119 heavy (non-hydrogen) atoms. The zero-order valence-corrected chi connectivity index (χ0v) is 68.7. The first-order valence-electron chi connectivity index (χ1n) is 40.3. The van der Waals surface area contributed by atoms with Crippen molar-refractivity contribution in [3.05, 3.63) is 148 Å². The van der Waals surface area contributed by atoms with Crippen LogP contribution in [0.25, 0.3) is 10.4 Å². The lowest BCUT2D eigenvalue weighted by atomic mass is 9.82. The first kappa shape index (κ1) is 95.2. The van der Waals surface area contributed by atoms with E-state index in [4.69, 9.17) is 20.7 Å². The number of carbonyl (C=O) groups excluding carboxylic acids is 15. The number of rotatable bonds is 43. The van der Waals surface area contributed by atoms with Gasteiger partial charge in [0.15, 0.2) is 0 Å². The fraction of sp³-hybridized carbons (Fsp3) is 0.464. The molecule has 35 heteroatoms. The molecule has 4 bridgehead atoms. The number of hydrogen-bond donors (Lipinski definition) is 15. The SMILES string of the molecule is CCc1c(CC)c2c(CC)c(c1CC)CNC(=O)Nc1cc(C(=O)NC(CCC=O)(CCC=O)CCC=O)ccc1NC(=O)NCc1c(CC)c(CNC(=O)Nc3ccc(C(=O)NC(CCC=O)(CCC=O)CCC=O)cc3NC(N)=O)c(CC)c(c1CC)CNC(=O)Nc1ccc(C(=O)NCCOCCOCCN=[N+]=[N-])cc1NC(=O)NC2. The Bertz CT molecular complexity index is 4460. The third-order valence-electron chi connectivity index (χ3n) is 20.8. The topological polar surface area (TPSA) is 518 Å². The first-order valence-corrected chi connectivity index (χ1v) is 40.3. The van der Waals surface area contributed by atoms with Crippen LogP contribution >= 0.6 is 0 Å². The Labute approximate surface area is 691 Å². The molecule has 6 rings (SSSR count).